The summed E-state index contributed by atoms with van der Waals surface area (Å²) in [5, 5.41) is 10.3. The number of nitrogens with zero attached hydrogens (tertiary/aromatic N) is 1. The van der Waals surface area contributed by atoms with Crippen LogP contribution in [-0.4, -0.2) is 50.0 Å². The van der Waals surface area contributed by atoms with E-state index >= 15 is 0 Å². The van der Waals surface area contributed by atoms with Gasteiger partial charge in [-0.15, -0.1) is 0 Å². The number of hydrogen-bond donors (Lipinski definition) is 1. The second-order valence-corrected chi connectivity index (χ2v) is 4.68. The van der Waals surface area contributed by atoms with E-state index in [4.69, 9.17) is 9.47 Å². The second kappa shape index (κ2) is 8.15. The standard InChI is InChI=1S/C15H25NO3/c1-5-16(12(2)11-18-3)10-15(17)13-6-8-14(19-4)9-7-13/h6-9,12,15,17H,5,10-11H2,1-4H3. The summed E-state index contributed by atoms with van der Waals surface area (Å²) >= 11 is 0. The molecule has 1 N–H and O–H groups in total. The number of hydrogen-bond acceptors (Lipinski definition) is 4. The van der Waals surface area contributed by atoms with Crippen LogP contribution in [0.5, 0.6) is 5.75 Å². The fraction of sp³-hybridized carbons (Fsp3) is 0.600. The molecule has 0 heterocycles. The van der Waals surface area contributed by atoms with Crippen molar-refractivity contribution in [2.24, 2.45) is 0 Å². The third-order valence-corrected chi connectivity index (χ3v) is 3.35. The van der Waals surface area contributed by atoms with E-state index in [0.717, 1.165) is 17.9 Å². The summed E-state index contributed by atoms with van der Waals surface area (Å²) in [5.41, 5.74) is 0.906. The van der Waals surface area contributed by atoms with Crippen molar-refractivity contribution in [1.82, 2.24) is 4.90 Å². The van der Waals surface area contributed by atoms with Crippen molar-refractivity contribution in [1.29, 1.82) is 0 Å². The van der Waals surface area contributed by atoms with Crippen molar-refractivity contribution in [3.05, 3.63) is 29.8 Å². The summed E-state index contributed by atoms with van der Waals surface area (Å²) in [6, 6.07) is 7.83. The molecule has 0 aliphatic rings. The molecule has 0 aliphatic heterocycles. The van der Waals surface area contributed by atoms with Crippen LogP contribution in [0.25, 0.3) is 0 Å². The van der Waals surface area contributed by atoms with Gasteiger partial charge < -0.3 is 14.6 Å². The zero-order chi connectivity index (χ0) is 14.3. The molecule has 4 nitrogen and oxygen atoms in total. The normalized spacial score (nSPS) is 14.4. The van der Waals surface area contributed by atoms with E-state index in [1.54, 1.807) is 14.2 Å². The molecule has 0 spiro atoms. The molecule has 0 saturated heterocycles. The Morgan fingerprint density at radius 1 is 1.21 bits per heavy atom. The molecule has 0 amide bonds. The zero-order valence-corrected chi connectivity index (χ0v) is 12.3. The van der Waals surface area contributed by atoms with Crippen LogP contribution in [-0.2, 0) is 4.74 Å². The van der Waals surface area contributed by atoms with Gasteiger partial charge in [-0.2, -0.15) is 0 Å². The van der Waals surface area contributed by atoms with Gasteiger partial charge in [0.25, 0.3) is 0 Å². The highest BCUT2D eigenvalue weighted by molar-refractivity contribution is 5.28. The molecule has 108 valence electrons. The average Bonchev–Trinajstić information content (AvgIpc) is 2.44. The first-order valence-electron chi connectivity index (χ1n) is 6.67. The lowest BCUT2D eigenvalue weighted by atomic mass is 10.1. The van der Waals surface area contributed by atoms with Gasteiger partial charge in [-0.3, -0.25) is 4.90 Å². The first-order chi connectivity index (χ1) is 9.12. The fourth-order valence-corrected chi connectivity index (χ4v) is 2.12. The largest absolute Gasteiger partial charge is 0.497 e. The smallest absolute Gasteiger partial charge is 0.118 e. The molecule has 2 atom stereocenters. The molecular formula is C15H25NO3. The van der Waals surface area contributed by atoms with Gasteiger partial charge >= 0.3 is 0 Å². The molecule has 4 heteroatoms. The van der Waals surface area contributed by atoms with Crippen LogP contribution in [0.4, 0.5) is 0 Å². The van der Waals surface area contributed by atoms with Crippen LogP contribution in [0, 0.1) is 0 Å². The minimum Gasteiger partial charge on any atom is -0.497 e. The van der Waals surface area contributed by atoms with E-state index < -0.39 is 6.10 Å². The van der Waals surface area contributed by atoms with Gasteiger partial charge in [0.15, 0.2) is 0 Å². The van der Waals surface area contributed by atoms with Crippen LogP contribution in [0.3, 0.4) is 0 Å². The van der Waals surface area contributed by atoms with Gasteiger partial charge in [-0.25, -0.2) is 0 Å². The predicted molar refractivity (Wildman–Crippen MR) is 76.5 cm³/mol. The molecule has 19 heavy (non-hydrogen) atoms. The van der Waals surface area contributed by atoms with Crippen molar-refractivity contribution in [3.63, 3.8) is 0 Å². The molecule has 2 unspecified atom stereocenters. The van der Waals surface area contributed by atoms with Crippen molar-refractivity contribution < 1.29 is 14.6 Å². The first-order valence-corrected chi connectivity index (χ1v) is 6.67. The molecule has 1 aromatic rings. The maximum atomic E-state index is 10.3. The van der Waals surface area contributed by atoms with E-state index in [-0.39, 0.29) is 0 Å². The van der Waals surface area contributed by atoms with Crippen LogP contribution >= 0.6 is 0 Å². The Labute approximate surface area is 115 Å². The lowest BCUT2D eigenvalue weighted by molar-refractivity contribution is 0.0581. The number of rotatable bonds is 8. The van der Waals surface area contributed by atoms with E-state index in [1.165, 1.54) is 0 Å². The van der Waals surface area contributed by atoms with Crippen LogP contribution in [0.2, 0.25) is 0 Å². The van der Waals surface area contributed by atoms with Gasteiger partial charge in [0.1, 0.15) is 5.75 Å². The summed E-state index contributed by atoms with van der Waals surface area (Å²) < 4.78 is 10.3. The van der Waals surface area contributed by atoms with E-state index in [0.29, 0.717) is 19.2 Å². The third kappa shape index (κ3) is 4.82. The van der Waals surface area contributed by atoms with Crippen molar-refractivity contribution in [2.45, 2.75) is 26.0 Å². The summed E-state index contributed by atoms with van der Waals surface area (Å²) in [6.45, 7) is 6.36. The molecule has 0 saturated carbocycles. The zero-order valence-electron chi connectivity index (χ0n) is 12.3. The molecule has 1 aromatic carbocycles. The summed E-state index contributed by atoms with van der Waals surface area (Å²) in [7, 11) is 3.33. The predicted octanol–water partition coefficient (Wildman–Crippen LogP) is 2.09. The molecule has 0 aromatic heterocycles. The fourth-order valence-electron chi connectivity index (χ4n) is 2.12. The van der Waals surface area contributed by atoms with Crippen molar-refractivity contribution in [2.75, 3.05) is 33.9 Å². The minimum absolute atomic E-state index is 0.294. The molecular weight excluding hydrogens is 242 g/mol. The molecule has 1 rings (SSSR count). The van der Waals surface area contributed by atoms with Crippen molar-refractivity contribution >= 4 is 0 Å². The molecule has 0 bridgehead atoms. The SMILES string of the molecule is CCN(CC(O)c1ccc(OC)cc1)C(C)COC. The van der Waals surface area contributed by atoms with Gasteiger partial charge in [0.05, 0.1) is 19.8 Å². The first kappa shape index (κ1) is 16.0. The summed E-state index contributed by atoms with van der Waals surface area (Å²) in [6.07, 6.45) is -0.495. The quantitative estimate of drug-likeness (QED) is 0.783. The lowest BCUT2D eigenvalue weighted by Gasteiger charge is -2.29. The number of aliphatic hydroxyl groups is 1. The highest BCUT2D eigenvalue weighted by Crippen LogP contribution is 2.19. The van der Waals surface area contributed by atoms with Crippen molar-refractivity contribution in [3.8, 4) is 5.75 Å². The lowest BCUT2D eigenvalue weighted by Crippen LogP contribution is -2.38. The summed E-state index contributed by atoms with van der Waals surface area (Å²) in [5.74, 6) is 0.802. The van der Waals surface area contributed by atoms with Gasteiger partial charge in [0.2, 0.25) is 0 Å². The highest BCUT2D eigenvalue weighted by atomic mass is 16.5. The maximum absolute atomic E-state index is 10.3. The molecule has 0 aliphatic carbocycles. The van der Waals surface area contributed by atoms with Crippen LogP contribution in [0.1, 0.15) is 25.5 Å². The topological polar surface area (TPSA) is 41.9 Å². The Morgan fingerprint density at radius 3 is 2.32 bits per heavy atom. The molecule has 0 radical (unpaired) electrons. The Hall–Kier alpha value is -1.10. The Morgan fingerprint density at radius 2 is 1.84 bits per heavy atom. The Bertz CT molecular complexity index is 353. The van der Waals surface area contributed by atoms with Gasteiger partial charge in [-0.05, 0) is 31.2 Å². The van der Waals surface area contributed by atoms with Gasteiger partial charge in [-0.1, -0.05) is 19.1 Å². The number of aliphatic hydroxyl groups excluding tert-OH is 1. The van der Waals surface area contributed by atoms with E-state index in [9.17, 15) is 5.11 Å². The minimum atomic E-state index is -0.495. The maximum Gasteiger partial charge on any atom is 0.118 e. The van der Waals surface area contributed by atoms with E-state index in [1.807, 2.05) is 24.3 Å². The Kier molecular flexibility index (Phi) is 6.84. The number of methoxy groups -OCH3 is 2. The van der Waals surface area contributed by atoms with Crippen LogP contribution < -0.4 is 4.74 Å². The monoisotopic (exact) mass is 267 g/mol. The summed E-state index contributed by atoms with van der Waals surface area (Å²) in [4.78, 5) is 2.21. The van der Waals surface area contributed by atoms with Crippen LogP contribution in [0.15, 0.2) is 24.3 Å². The number of benzene rings is 1. The molecule has 0 fully saturated rings. The number of ether oxygens (including phenoxy) is 2. The Balaban J connectivity index is 2.62. The van der Waals surface area contributed by atoms with E-state index in [2.05, 4.69) is 18.7 Å². The second-order valence-electron chi connectivity index (χ2n) is 4.68. The number of likely N-dealkylation sites (N-methyl/N-ethyl adjacent to an activating group) is 1. The van der Waals surface area contributed by atoms with Gasteiger partial charge in [0, 0.05) is 19.7 Å². The highest BCUT2D eigenvalue weighted by Gasteiger charge is 2.17. The third-order valence-electron chi connectivity index (χ3n) is 3.35. The average molecular weight is 267 g/mol.